The molecule has 0 saturated carbocycles. The van der Waals surface area contributed by atoms with Crippen molar-refractivity contribution in [1.29, 1.82) is 0 Å². The van der Waals surface area contributed by atoms with E-state index in [0.717, 1.165) is 0 Å². The van der Waals surface area contributed by atoms with Crippen LogP contribution in [0.1, 0.15) is 20.7 Å². The summed E-state index contributed by atoms with van der Waals surface area (Å²) in [5.41, 5.74) is 5.30. The smallest absolute Gasteiger partial charge is 0.340 e. The molecule has 0 spiro atoms. The molecular formula is C9H9NO4. The third-order valence-corrected chi connectivity index (χ3v) is 1.72. The minimum absolute atomic E-state index is 0.0942. The molecule has 0 aliphatic carbocycles. The fourth-order valence-electron chi connectivity index (χ4n) is 1.08. The first kappa shape index (κ1) is 10.0. The standard InChI is InChI=1S/C9H9NO4/c1-14-9(13)7-5(8(11)12)3-2-4-6(7)10/h2-4H,10H2,1H3,(H,11,12). The van der Waals surface area contributed by atoms with E-state index < -0.39 is 11.9 Å². The number of nitrogen functional groups attached to an aromatic ring is 1. The van der Waals surface area contributed by atoms with E-state index in [1.165, 1.54) is 25.3 Å². The molecule has 5 nitrogen and oxygen atoms in total. The van der Waals surface area contributed by atoms with Gasteiger partial charge < -0.3 is 15.6 Å². The number of esters is 1. The van der Waals surface area contributed by atoms with Gasteiger partial charge in [-0.15, -0.1) is 0 Å². The molecule has 0 saturated heterocycles. The second-order valence-electron chi connectivity index (χ2n) is 2.57. The van der Waals surface area contributed by atoms with Gasteiger partial charge in [0.25, 0.3) is 0 Å². The molecule has 14 heavy (non-hydrogen) atoms. The Hall–Kier alpha value is -2.04. The zero-order valence-corrected chi connectivity index (χ0v) is 7.48. The Morgan fingerprint density at radius 2 is 2.07 bits per heavy atom. The highest BCUT2D eigenvalue weighted by molar-refractivity contribution is 6.06. The fraction of sp³-hybridized carbons (Fsp3) is 0.111. The Bertz CT molecular complexity index is 386. The van der Waals surface area contributed by atoms with E-state index in [1.54, 1.807) is 0 Å². The minimum Gasteiger partial charge on any atom is -0.478 e. The largest absolute Gasteiger partial charge is 0.478 e. The van der Waals surface area contributed by atoms with Crippen molar-refractivity contribution >= 4 is 17.6 Å². The summed E-state index contributed by atoms with van der Waals surface area (Å²) >= 11 is 0. The molecule has 0 radical (unpaired) electrons. The van der Waals surface area contributed by atoms with Crippen LogP contribution >= 0.6 is 0 Å². The van der Waals surface area contributed by atoms with Crippen LogP contribution in [-0.4, -0.2) is 24.2 Å². The van der Waals surface area contributed by atoms with Crippen molar-refractivity contribution in [2.75, 3.05) is 12.8 Å². The lowest BCUT2D eigenvalue weighted by molar-refractivity contribution is 0.0584. The van der Waals surface area contributed by atoms with Crippen molar-refractivity contribution in [3.8, 4) is 0 Å². The summed E-state index contributed by atoms with van der Waals surface area (Å²) in [5, 5.41) is 8.77. The average molecular weight is 195 g/mol. The molecule has 0 aliphatic heterocycles. The van der Waals surface area contributed by atoms with Crippen LogP contribution in [0.25, 0.3) is 0 Å². The van der Waals surface area contributed by atoms with E-state index in [-0.39, 0.29) is 16.8 Å². The summed E-state index contributed by atoms with van der Waals surface area (Å²) in [4.78, 5) is 21.9. The number of rotatable bonds is 2. The van der Waals surface area contributed by atoms with Crippen LogP contribution in [0.2, 0.25) is 0 Å². The first-order valence-corrected chi connectivity index (χ1v) is 3.78. The highest BCUT2D eigenvalue weighted by Crippen LogP contribution is 2.17. The first-order chi connectivity index (χ1) is 6.57. The molecule has 0 unspecified atom stereocenters. The van der Waals surface area contributed by atoms with Crippen molar-refractivity contribution in [2.45, 2.75) is 0 Å². The van der Waals surface area contributed by atoms with Crippen LogP contribution in [0.5, 0.6) is 0 Å². The summed E-state index contributed by atoms with van der Waals surface area (Å²) in [6.45, 7) is 0. The number of carboxylic acid groups (broad SMARTS) is 1. The SMILES string of the molecule is COC(=O)c1c(N)cccc1C(=O)O. The predicted octanol–water partition coefficient (Wildman–Crippen LogP) is 0.754. The average Bonchev–Trinajstić information content (AvgIpc) is 2.16. The number of nitrogens with two attached hydrogens (primary N) is 1. The van der Waals surface area contributed by atoms with E-state index in [4.69, 9.17) is 10.8 Å². The summed E-state index contributed by atoms with van der Waals surface area (Å²) in [6, 6.07) is 4.20. The molecule has 0 heterocycles. The lowest BCUT2D eigenvalue weighted by Crippen LogP contribution is -2.12. The molecular weight excluding hydrogens is 186 g/mol. The number of benzene rings is 1. The summed E-state index contributed by atoms with van der Waals surface area (Å²) in [5.74, 6) is -1.96. The Labute approximate surface area is 80.1 Å². The molecule has 1 aromatic carbocycles. The van der Waals surface area contributed by atoms with Gasteiger partial charge in [0, 0.05) is 5.69 Å². The van der Waals surface area contributed by atoms with E-state index in [2.05, 4.69) is 4.74 Å². The molecule has 0 aromatic heterocycles. The van der Waals surface area contributed by atoms with Crippen molar-refractivity contribution < 1.29 is 19.4 Å². The van der Waals surface area contributed by atoms with E-state index in [0.29, 0.717) is 0 Å². The maximum Gasteiger partial charge on any atom is 0.340 e. The highest BCUT2D eigenvalue weighted by atomic mass is 16.5. The lowest BCUT2D eigenvalue weighted by atomic mass is 10.1. The second kappa shape index (κ2) is 3.78. The number of carbonyl (C=O) groups is 2. The number of ether oxygens (including phenoxy) is 1. The zero-order chi connectivity index (χ0) is 10.7. The van der Waals surface area contributed by atoms with Gasteiger partial charge in [0.1, 0.15) is 0 Å². The Balaban J connectivity index is 3.36. The fourth-order valence-corrected chi connectivity index (χ4v) is 1.08. The lowest BCUT2D eigenvalue weighted by Gasteiger charge is -2.06. The zero-order valence-electron chi connectivity index (χ0n) is 7.48. The number of hydrogen-bond donors (Lipinski definition) is 2. The predicted molar refractivity (Wildman–Crippen MR) is 49.2 cm³/mol. The van der Waals surface area contributed by atoms with Gasteiger partial charge >= 0.3 is 11.9 Å². The van der Waals surface area contributed by atoms with Gasteiger partial charge in [-0.05, 0) is 12.1 Å². The van der Waals surface area contributed by atoms with Crippen molar-refractivity contribution in [2.24, 2.45) is 0 Å². The Kier molecular flexibility index (Phi) is 2.71. The maximum absolute atomic E-state index is 11.2. The number of hydrogen-bond acceptors (Lipinski definition) is 4. The highest BCUT2D eigenvalue weighted by Gasteiger charge is 2.19. The molecule has 0 atom stereocenters. The van der Waals surface area contributed by atoms with E-state index in [9.17, 15) is 9.59 Å². The topological polar surface area (TPSA) is 89.6 Å². The number of carbonyl (C=O) groups excluding carboxylic acids is 1. The molecule has 1 rings (SSSR count). The molecule has 1 aromatic rings. The van der Waals surface area contributed by atoms with Crippen LogP contribution in [0.15, 0.2) is 18.2 Å². The molecule has 5 heteroatoms. The van der Waals surface area contributed by atoms with Crippen LogP contribution in [0.3, 0.4) is 0 Å². The van der Waals surface area contributed by atoms with Crippen LogP contribution in [-0.2, 0) is 4.74 Å². The molecule has 74 valence electrons. The number of aromatic carboxylic acids is 1. The van der Waals surface area contributed by atoms with Gasteiger partial charge in [-0.2, -0.15) is 0 Å². The van der Waals surface area contributed by atoms with E-state index in [1.807, 2.05) is 0 Å². The minimum atomic E-state index is -1.21. The molecule has 0 bridgehead atoms. The van der Waals surface area contributed by atoms with Crippen molar-refractivity contribution in [3.63, 3.8) is 0 Å². The summed E-state index contributed by atoms with van der Waals surface area (Å²) in [6.07, 6.45) is 0. The Morgan fingerprint density at radius 3 is 2.57 bits per heavy atom. The molecule has 3 N–H and O–H groups in total. The van der Waals surface area contributed by atoms with Gasteiger partial charge in [0.2, 0.25) is 0 Å². The van der Waals surface area contributed by atoms with Gasteiger partial charge in [-0.25, -0.2) is 9.59 Å². The van der Waals surface area contributed by atoms with Crippen molar-refractivity contribution in [3.05, 3.63) is 29.3 Å². The van der Waals surface area contributed by atoms with Gasteiger partial charge in [-0.3, -0.25) is 0 Å². The van der Waals surface area contributed by atoms with Gasteiger partial charge in [0.05, 0.1) is 18.2 Å². The van der Waals surface area contributed by atoms with Crippen LogP contribution in [0, 0.1) is 0 Å². The van der Waals surface area contributed by atoms with E-state index >= 15 is 0 Å². The Morgan fingerprint density at radius 1 is 1.43 bits per heavy atom. The van der Waals surface area contributed by atoms with Crippen molar-refractivity contribution in [1.82, 2.24) is 0 Å². The third-order valence-electron chi connectivity index (χ3n) is 1.72. The third kappa shape index (κ3) is 1.66. The molecule has 0 fully saturated rings. The quantitative estimate of drug-likeness (QED) is 0.537. The number of methoxy groups -OCH3 is 1. The van der Waals surface area contributed by atoms with Crippen LogP contribution in [0.4, 0.5) is 5.69 Å². The second-order valence-corrected chi connectivity index (χ2v) is 2.57. The molecule has 0 aliphatic rings. The van der Waals surface area contributed by atoms with Crippen LogP contribution < -0.4 is 5.73 Å². The number of carboxylic acids is 1. The maximum atomic E-state index is 11.2. The first-order valence-electron chi connectivity index (χ1n) is 3.78. The summed E-state index contributed by atoms with van der Waals surface area (Å²) in [7, 11) is 1.17. The van der Waals surface area contributed by atoms with Gasteiger partial charge in [-0.1, -0.05) is 6.07 Å². The normalized spacial score (nSPS) is 9.50. The molecule has 0 amide bonds. The summed E-state index contributed by atoms with van der Waals surface area (Å²) < 4.78 is 4.43. The number of anilines is 1. The van der Waals surface area contributed by atoms with Gasteiger partial charge in [0.15, 0.2) is 0 Å². The monoisotopic (exact) mass is 195 g/mol.